The van der Waals surface area contributed by atoms with Crippen LogP contribution in [0.5, 0.6) is 0 Å². The molecule has 2 aromatic carbocycles. The molecule has 0 aliphatic carbocycles. The Kier molecular flexibility index (Phi) is 4.58. The highest BCUT2D eigenvalue weighted by molar-refractivity contribution is 6.35. The van der Waals surface area contributed by atoms with Crippen molar-refractivity contribution >= 4 is 39.5 Å². The molecular weight excluding hydrogens is 426 g/mol. The first kappa shape index (κ1) is 19.7. The van der Waals surface area contributed by atoms with Gasteiger partial charge in [-0.05, 0) is 54.4 Å². The maximum atomic E-state index is 12.1. The third kappa shape index (κ3) is 3.06. The molecule has 0 saturated heterocycles. The van der Waals surface area contributed by atoms with E-state index in [1.54, 1.807) is 30.5 Å². The second-order valence-corrected chi connectivity index (χ2v) is 7.61. The largest absolute Gasteiger partial charge is 0.478 e. The molecule has 32 heavy (non-hydrogen) atoms. The molecule has 0 saturated carbocycles. The number of aromatic carboxylic acids is 1. The summed E-state index contributed by atoms with van der Waals surface area (Å²) in [5.74, 6) is -0.460. The standard InChI is InChI=1S/C24H14ClN5O2/c1-13-29-23-18(24(31)32)10-15(14-5-7-27-16(9-14)12-26)11-21(23)30(13)20-6-8-28-22-17(20)3-2-4-19(22)25/h2-11H,1H3,(H,31,32). The highest BCUT2D eigenvalue weighted by atomic mass is 35.5. The summed E-state index contributed by atoms with van der Waals surface area (Å²) in [6.07, 6.45) is 3.19. The van der Waals surface area contributed by atoms with Gasteiger partial charge in [-0.3, -0.25) is 9.55 Å². The third-order valence-corrected chi connectivity index (χ3v) is 5.61. The van der Waals surface area contributed by atoms with Crippen molar-refractivity contribution in [1.82, 2.24) is 19.5 Å². The summed E-state index contributed by atoms with van der Waals surface area (Å²) < 4.78 is 1.90. The van der Waals surface area contributed by atoms with Crippen LogP contribution < -0.4 is 0 Å². The third-order valence-electron chi connectivity index (χ3n) is 5.31. The summed E-state index contributed by atoms with van der Waals surface area (Å²) in [6, 6.07) is 16.2. The van der Waals surface area contributed by atoms with Crippen LogP contribution in [0, 0.1) is 18.3 Å². The van der Waals surface area contributed by atoms with E-state index in [0.717, 1.165) is 11.1 Å². The van der Waals surface area contributed by atoms with Gasteiger partial charge in [-0.15, -0.1) is 0 Å². The molecule has 154 valence electrons. The number of carboxylic acid groups (broad SMARTS) is 1. The Labute approximate surface area is 187 Å². The Morgan fingerprint density at radius 2 is 1.88 bits per heavy atom. The number of rotatable bonds is 3. The van der Waals surface area contributed by atoms with Crippen molar-refractivity contribution in [3.63, 3.8) is 0 Å². The fraction of sp³-hybridized carbons (Fsp3) is 0.0417. The molecule has 3 heterocycles. The minimum Gasteiger partial charge on any atom is -0.478 e. The van der Waals surface area contributed by atoms with E-state index in [2.05, 4.69) is 15.0 Å². The number of halogens is 1. The molecule has 0 radical (unpaired) electrons. The molecule has 0 fully saturated rings. The molecule has 0 bridgehead atoms. The molecule has 5 aromatic rings. The number of para-hydroxylation sites is 1. The van der Waals surface area contributed by atoms with Gasteiger partial charge in [-0.1, -0.05) is 23.7 Å². The number of nitriles is 1. The van der Waals surface area contributed by atoms with Crippen LogP contribution >= 0.6 is 11.6 Å². The SMILES string of the molecule is Cc1nc2c(C(=O)O)cc(-c3ccnc(C#N)c3)cc2n1-c1ccnc2c(Cl)cccc12. The summed E-state index contributed by atoms with van der Waals surface area (Å²) in [4.78, 5) is 25.1. The van der Waals surface area contributed by atoms with E-state index in [1.807, 2.05) is 41.8 Å². The van der Waals surface area contributed by atoms with Gasteiger partial charge in [0, 0.05) is 17.8 Å². The topological polar surface area (TPSA) is 105 Å². The van der Waals surface area contributed by atoms with Crippen molar-refractivity contribution in [2.75, 3.05) is 0 Å². The van der Waals surface area contributed by atoms with E-state index < -0.39 is 5.97 Å². The number of aromatic nitrogens is 4. The average molecular weight is 440 g/mol. The molecule has 0 unspecified atom stereocenters. The number of hydrogen-bond donors (Lipinski definition) is 1. The van der Waals surface area contributed by atoms with E-state index in [1.165, 1.54) is 6.20 Å². The molecule has 7 nitrogen and oxygen atoms in total. The molecule has 8 heteroatoms. The minimum absolute atomic E-state index is 0.0751. The number of benzene rings is 2. The smallest absolute Gasteiger partial charge is 0.337 e. The van der Waals surface area contributed by atoms with Crippen molar-refractivity contribution in [3.8, 4) is 22.9 Å². The molecule has 3 aromatic heterocycles. The molecule has 1 N–H and O–H groups in total. The van der Waals surface area contributed by atoms with E-state index in [0.29, 0.717) is 38.5 Å². The van der Waals surface area contributed by atoms with Crippen molar-refractivity contribution < 1.29 is 9.90 Å². The van der Waals surface area contributed by atoms with Crippen LogP contribution in [0.2, 0.25) is 5.02 Å². The normalized spacial score (nSPS) is 11.0. The second kappa shape index (κ2) is 7.45. The number of imidazole rings is 1. The van der Waals surface area contributed by atoms with Gasteiger partial charge >= 0.3 is 5.97 Å². The van der Waals surface area contributed by atoms with Gasteiger partial charge in [-0.25, -0.2) is 14.8 Å². The first-order valence-corrected chi connectivity index (χ1v) is 10.0. The van der Waals surface area contributed by atoms with Gasteiger partial charge in [0.25, 0.3) is 0 Å². The predicted octanol–water partition coefficient (Wildman–Crippen LogP) is 5.17. The second-order valence-electron chi connectivity index (χ2n) is 7.20. The van der Waals surface area contributed by atoms with Gasteiger partial charge in [0.1, 0.15) is 23.1 Å². The zero-order chi connectivity index (χ0) is 22.4. The van der Waals surface area contributed by atoms with Gasteiger partial charge in [0.15, 0.2) is 0 Å². The zero-order valence-corrected chi connectivity index (χ0v) is 17.5. The number of fused-ring (bicyclic) bond motifs is 2. The highest BCUT2D eigenvalue weighted by Gasteiger charge is 2.20. The molecule has 0 atom stereocenters. The van der Waals surface area contributed by atoms with Crippen molar-refractivity contribution in [2.24, 2.45) is 0 Å². The lowest BCUT2D eigenvalue weighted by Crippen LogP contribution is -2.01. The van der Waals surface area contributed by atoms with E-state index in [9.17, 15) is 15.2 Å². The van der Waals surface area contributed by atoms with Crippen molar-refractivity contribution in [1.29, 1.82) is 5.26 Å². The highest BCUT2D eigenvalue weighted by Crippen LogP contribution is 2.33. The summed E-state index contributed by atoms with van der Waals surface area (Å²) in [7, 11) is 0. The first-order chi connectivity index (χ1) is 15.5. The molecule has 0 amide bonds. The zero-order valence-electron chi connectivity index (χ0n) is 16.7. The monoisotopic (exact) mass is 439 g/mol. The van der Waals surface area contributed by atoms with Crippen LogP contribution in [0.4, 0.5) is 0 Å². The average Bonchev–Trinajstić information content (AvgIpc) is 3.13. The lowest BCUT2D eigenvalue weighted by molar-refractivity contribution is 0.0699. The number of carbonyl (C=O) groups is 1. The number of pyridine rings is 2. The summed E-state index contributed by atoms with van der Waals surface area (Å²) in [6.45, 7) is 1.82. The summed E-state index contributed by atoms with van der Waals surface area (Å²) in [5, 5.41) is 20.4. The Bertz CT molecular complexity index is 1600. The lowest BCUT2D eigenvalue weighted by atomic mass is 10.0. The first-order valence-electron chi connectivity index (χ1n) is 9.64. The van der Waals surface area contributed by atoms with Gasteiger partial charge < -0.3 is 5.11 Å². The lowest BCUT2D eigenvalue weighted by Gasteiger charge is -2.12. The maximum absolute atomic E-state index is 12.1. The van der Waals surface area contributed by atoms with Crippen molar-refractivity contribution in [3.05, 3.63) is 83.0 Å². The van der Waals surface area contributed by atoms with E-state index >= 15 is 0 Å². The van der Waals surface area contributed by atoms with Crippen LogP contribution in [0.1, 0.15) is 21.9 Å². The number of nitrogens with zero attached hydrogens (tertiary/aromatic N) is 5. The van der Waals surface area contributed by atoms with Gasteiger partial charge in [0.2, 0.25) is 0 Å². The minimum atomic E-state index is -1.08. The van der Waals surface area contributed by atoms with Crippen LogP contribution in [0.3, 0.4) is 0 Å². The quantitative estimate of drug-likeness (QED) is 0.416. The Balaban J connectivity index is 1.87. The summed E-state index contributed by atoms with van der Waals surface area (Å²) >= 11 is 6.35. The molecule has 5 rings (SSSR count). The molecule has 0 aliphatic heterocycles. The van der Waals surface area contributed by atoms with Crippen LogP contribution in [0.25, 0.3) is 38.8 Å². The number of aryl methyl sites for hydroxylation is 1. The summed E-state index contributed by atoms with van der Waals surface area (Å²) in [5.41, 5.74) is 4.10. The predicted molar refractivity (Wildman–Crippen MR) is 121 cm³/mol. The Morgan fingerprint density at radius 3 is 2.66 bits per heavy atom. The van der Waals surface area contributed by atoms with E-state index in [-0.39, 0.29) is 11.3 Å². The fourth-order valence-corrected chi connectivity index (χ4v) is 4.14. The van der Waals surface area contributed by atoms with Crippen molar-refractivity contribution in [2.45, 2.75) is 6.92 Å². The molecular formula is C24H14ClN5O2. The maximum Gasteiger partial charge on any atom is 0.337 e. The Morgan fingerprint density at radius 1 is 1.06 bits per heavy atom. The van der Waals surface area contributed by atoms with E-state index in [4.69, 9.17) is 11.6 Å². The fourth-order valence-electron chi connectivity index (χ4n) is 3.92. The number of carboxylic acids is 1. The van der Waals surface area contributed by atoms with Crippen LogP contribution in [-0.4, -0.2) is 30.6 Å². The van der Waals surface area contributed by atoms with Gasteiger partial charge in [0.05, 0.1) is 27.3 Å². The van der Waals surface area contributed by atoms with Crippen LogP contribution in [-0.2, 0) is 0 Å². The Hall–Kier alpha value is -4.28. The number of hydrogen-bond acceptors (Lipinski definition) is 5. The van der Waals surface area contributed by atoms with Gasteiger partial charge in [-0.2, -0.15) is 5.26 Å². The van der Waals surface area contributed by atoms with Crippen LogP contribution in [0.15, 0.2) is 60.9 Å². The molecule has 0 aliphatic rings. The molecule has 0 spiro atoms.